The molecule has 2 fully saturated rings. The van der Waals surface area contributed by atoms with Crippen LogP contribution in [0.25, 0.3) is 5.69 Å². The Bertz CT molecular complexity index is 819. The first kappa shape index (κ1) is 18.8. The molecule has 1 amide bonds. The van der Waals surface area contributed by atoms with Gasteiger partial charge in [0, 0.05) is 26.2 Å². The highest BCUT2D eigenvalue weighted by molar-refractivity contribution is 5.68. The van der Waals surface area contributed by atoms with Gasteiger partial charge in [0.1, 0.15) is 11.9 Å². The first-order chi connectivity index (χ1) is 13.4. The molecule has 1 aromatic heterocycles. The summed E-state index contributed by atoms with van der Waals surface area (Å²) in [5.74, 6) is 0. The molecule has 2 aromatic rings. The van der Waals surface area contributed by atoms with Crippen molar-refractivity contribution >= 4 is 6.09 Å². The second kappa shape index (κ2) is 7.48. The van der Waals surface area contributed by atoms with Crippen molar-refractivity contribution in [2.75, 3.05) is 32.8 Å². The first-order valence-electron chi connectivity index (χ1n) is 9.56. The van der Waals surface area contributed by atoms with Gasteiger partial charge in [-0.15, -0.1) is 5.10 Å². The molecule has 0 N–H and O–H groups in total. The van der Waals surface area contributed by atoms with Crippen molar-refractivity contribution in [3.8, 4) is 5.69 Å². The standard InChI is InChI=1S/C19H26N6O3/c1-19(2,3)28-18(26)24-8-7-23-11-17(27-12-16(23)10-24)14-5-4-6-15(9-14)25-13-20-21-22-25/h4-6,9,13,16-17H,7-8,10-12H2,1-3H3/t16-,17-/m0/s1. The molecule has 0 unspecified atom stereocenters. The number of rotatable bonds is 2. The van der Waals surface area contributed by atoms with Crippen LogP contribution < -0.4 is 0 Å². The van der Waals surface area contributed by atoms with Gasteiger partial charge in [0.05, 0.1) is 24.4 Å². The number of benzene rings is 1. The van der Waals surface area contributed by atoms with E-state index >= 15 is 0 Å². The van der Waals surface area contributed by atoms with Crippen LogP contribution in [-0.4, -0.2) is 80.5 Å². The Hall–Kier alpha value is -2.52. The zero-order valence-electron chi connectivity index (χ0n) is 16.5. The number of carbonyl (C=O) groups excluding carboxylic acids is 1. The Morgan fingerprint density at radius 3 is 2.86 bits per heavy atom. The lowest BCUT2D eigenvalue weighted by Gasteiger charge is -2.46. The Morgan fingerprint density at radius 2 is 2.11 bits per heavy atom. The average molecular weight is 386 g/mol. The smallest absolute Gasteiger partial charge is 0.410 e. The topological polar surface area (TPSA) is 85.6 Å². The largest absolute Gasteiger partial charge is 0.444 e. The molecule has 0 spiro atoms. The molecule has 0 aliphatic carbocycles. The molecular formula is C19H26N6O3. The Labute approximate surface area is 164 Å². The number of piperazine rings is 1. The summed E-state index contributed by atoms with van der Waals surface area (Å²) >= 11 is 0. The number of ether oxygens (including phenoxy) is 2. The second-order valence-electron chi connectivity index (χ2n) is 8.25. The number of amides is 1. The number of nitrogens with zero attached hydrogens (tertiary/aromatic N) is 6. The molecule has 3 heterocycles. The van der Waals surface area contributed by atoms with Crippen molar-refractivity contribution in [1.82, 2.24) is 30.0 Å². The van der Waals surface area contributed by atoms with Crippen molar-refractivity contribution in [3.63, 3.8) is 0 Å². The molecule has 9 heteroatoms. The molecular weight excluding hydrogens is 360 g/mol. The third-order valence-electron chi connectivity index (χ3n) is 5.00. The van der Waals surface area contributed by atoms with E-state index in [4.69, 9.17) is 9.47 Å². The van der Waals surface area contributed by atoms with E-state index in [2.05, 4.69) is 32.6 Å². The molecule has 2 saturated heterocycles. The molecule has 2 atom stereocenters. The number of morpholine rings is 1. The minimum atomic E-state index is -0.479. The lowest BCUT2D eigenvalue weighted by molar-refractivity contribution is -0.0906. The monoisotopic (exact) mass is 386 g/mol. The third-order valence-corrected chi connectivity index (χ3v) is 5.00. The average Bonchev–Trinajstić information content (AvgIpc) is 3.21. The van der Waals surface area contributed by atoms with Crippen LogP contribution in [0.15, 0.2) is 30.6 Å². The zero-order valence-corrected chi connectivity index (χ0v) is 16.5. The van der Waals surface area contributed by atoms with Gasteiger partial charge in [0.15, 0.2) is 0 Å². The Morgan fingerprint density at radius 1 is 1.25 bits per heavy atom. The summed E-state index contributed by atoms with van der Waals surface area (Å²) in [6, 6.07) is 8.27. The van der Waals surface area contributed by atoms with Crippen molar-refractivity contribution in [3.05, 3.63) is 36.2 Å². The first-order valence-corrected chi connectivity index (χ1v) is 9.56. The highest BCUT2D eigenvalue weighted by atomic mass is 16.6. The quantitative estimate of drug-likeness (QED) is 0.776. The fourth-order valence-electron chi connectivity index (χ4n) is 3.63. The van der Waals surface area contributed by atoms with Gasteiger partial charge in [0.2, 0.25) is 0 Å². The summed E-state index contributed by atoms with van der Waals surface area (Å²) < 4.78 is 13.3. The van der Waals surface area contributed by atoms with E-state index in [1.165, 1.54) is 0 Å². The highest BCUT2D eigenvalue weighted by Crippen LogP contribution is 2.28. The number of fused-ring (bicyclic) bond motifs is 1. The molecule has 2 aliphatic heterocycles. The van der Waals surface area contributed by atoms with Gasteiger partial charge in [0.25, 0.3) is 0 Å². The van der Waals surface area contributed by atoms with E-state index in [-0.39, 0.29) is 18.2 Å². The molecule has 150 valence electrons. The molecule has 28 heavy (non-hydrogen) atoms. The van der Waals surface area contributed by atoms with Gasteiger partial charge >= 0.3 is 6.09 Å². The Kier molecular flexibility index (Phi) is 5.03. The van der Waals surface area contributed by atoms with E-state index in [9.17, 15) is 4.79 Å². The molecule has 0 saturated carbocycles. The van der Waals surface area contributed by atoms with Crippen LogP contribution in [0.2, 0.25) is 0 Å². The lowest BCUT2D eigenvalue weighted by Crippen LogP contribution is -2.59. The summed E-state index contributed by atoms with van der Waals surface area (Å²) in [6.07, 6.45) is 1.32. The summed E-state index contributed by atoms with van der Waals surface area (Å²) in [5, 5.41) is 11.3. The van der Waals surface area contributed by atoms with Crippen molar-refractivity contribution in [2.24, 2.45) is 0 Å². The summed E-state index contributed by atoms with van der Waals surface area (Å²) in [6.45, 7) is 9.16. The van der Waals surface area contributed by atoms with Crippen molar-refractivity contribution in [2.45, 2.75) is 38.5 Å². The van der Waals surface area contributed by atoms with Gasteiger partial charge in [-0.25, -0.2) is 9.48 Å². The van der Waals surface area contributed by atoms with E-state index in [1.54, 1.807) is 15.9 Å². The molecule has 4 rings (SSSR count). The molecule has 0 bridgehead atoms. The maximum atomic E-state index is 12.3. The van der Waals surface area contributed by atoms with E-state index < -0.39 is 5.60 Å². The Balaban J connectivity index is 1.39. The van der Waals surface area contributed by atoms with Crippen molar-refractivity contribution in [1.29, 1.82) is 0 Å². The van der Waals surface area contributed by atoms with Crippen LogP contribution in [0.3, 0.4) is 0 Å². The number of hydrogen-bond donors (Lipinski definition) is 0. The third kappa shape index (κ3) is 4.15. The molecule has 0 radical (unpaired) electrons. The zero-order chi connectivity index (χ0) is 19.7. The van der Waals surface area contributed by atoms with Crippen LogP contribution in [0.5, 0.6) is 0 Å². The highest BCUT2D eigenvalue weighted by Gasteiger charge is 2.36. The van der Waals surface area contributed by atoms with Crippen molar-refractivity contribution < 1.29 is 14.3 Å². The SMILES string of the molecule is CC(C)(C)OC(=O)N1CCN2C[C@@H](c3cccc(-n4cnnn4)c3)OC[C@@H]2C1. The van der Waals surface area contributed by atoms with Gasteiger partial charge in [-0.2, -0.15) is 0 Å². The number of tetrazole rings is 1. The fraction of sp³-hybridized carbons (Fsp3) is 0.579. The van der Waals surface area contributed by atoms with Gasteiger partial charge < -0.3 is 14.4 Å². The maximum Gasteiger partial charge on any atom is 0.410 e. The van der Waals surface area contributed by atoms with Crippen LogP contribution >= 0.6 is 0 Å². The maximum absolute atomic E-state index is 12.3. The lowest BCUT2D eigenvalue weighted by atomic mass is 10.0. The molecule has 9 nitrogen and oxygen atoms in total. The van der Waals surface area contributed by atoms with Gasteiger partial charge in [-0.3, -0.25) is 4.90 Å². The summed E-state index contributed by atoms with van der Waals surface area (Å²) in [5.41, 5.74) is 1.52. The van der Waals surface area contributed by atoms with Crippen LogP contribution in [0, 0.1) is 0 Å². The van der Waals surface area contributed by atoms with Crippen LogP contribution in [0.1, 0.15) is 32.4 Å². The number of aromatic nitrogens is 4. The van der Waals surface area contributed by atoms with E-state index in [1.807, 2.05) is 32.9 Å². The predicted octanol–water partition coefficient (Wildman–Crippen LogP) is 1.65. The van der Waals surface area contributed by atoms with Crippen LogP contribution in [-0.2, 0) is 9.47 Å². The van der Waals surface area contributed by atoms with E-state index in [0.29, 0.717) is 19.7 Å². The predicted molar refractivity (Wildman–Crippen MR) is 101 cm³/mol. The van der Waals surface area contributed by atoms with Gasteiger partial charge in [-0.05, 0) is 48.9 Å². The van der Waals surface area contributed by atoms with Gasteiger partial charge in [-0.1, -0.05) is 12.1 Å². The fourth-order valence-corrected chi connectivity index (χ4v) is 3.63. The minimum Gasteiger partial charge on any atom is -0.444 e. The molecule has 2 aliphatic rings. The summed E-state index contributed by atoms with van der Waals surface area (Å²) in [7, 11) is 0. The second-order valence-corrected chi connectivity index (χ2v) is 8.25. The minimum absolute atomic E-state index is 0.0132. The number of carbonyl (C=O) groups is 1. The number of hydrogen-bond acceptors (Lipinski definition) is 7. The molecule has 1 aromatic carbocycles. The van der Waals surface area contributed by atoms with E-state index in [0.717, 1.165) is 24.3 Å². The normalized spacial score (nSPS) is 23.3. The summed E-state index contributed by atoms with van der Waals surface area (Å²) in [4.78, 5) is 16.5. The van der Waals surface area contributed by atoms with Crippen LogP contribution in [0.4, 0.5) is 4.79 Å².